The highest BCUT2D eigenvalue weighted by atomic mass is 16.6. The van der Waals surface area contributed by atoms with E-state index in [1.54, 1.807) is 13.1 Å². The van der Waals surface area contributed by atoms with Crippen LogP contribution in [0.3, 0.4) is 0 Å². The molecule has 18 heavy (non-hydrogen) atoms. The summed E-state index contributed by atoms with van der Waals surface area (Å²) < 4.78 is 5.19. The number of hydrogen-bond donors (Lipinski definition) is 2. The summed E-state index contributed by atoms with van der Waals surface area (Å²) in [7, 11) is 0. The largest absolute Gasteiger partial charge is 0.444 e. The Labute approximate surface area is 105 Å². The number of rotatable bonds is 1. The summed E-state index contributed by atoms with van der Waals surface area (Å²) in [5.74, 6) is 1.03. The van der Waals surface area contributed by atoms with Crippen molar-refractivity contribution in [2.45, 2.75) is 33.3 Å². The van der Waals surface area contributed by atoms with Crippen molar-refractivity contribution in [2.24, 2.45) is 0 Å². The molecule has 6 heteroatoms. The van der Waals surface area contributed by atoms with E-state index in [2.05, 4.69) is 20.3 Å². The predicted molar refractivity (Wildman–Crippen MR) is 68.5 cm³/mol. The molecule has 0 spiro atoms. The molecule has 0 atom stereocenters. The van der Waals surface area contributed by atoms with Crippen molar-refractivity contribution in [3.05, 3.63) is 18.1 Å². The lowest BCUT2D eigenvalue weighted by Crippen LogP contribution is -2.27. The zero-order valence-corrected chi connectivity index (χ0v) is 10.9. The van der Waals surface area contributed by atoms with Gasteiger partial charge < -0.3 is 9.72 Å². The minimum absolute atomic E-state index is 0.452. The van der Waals surface area contributed by atoms with E-state index in [0.717, 1.165) is 5.39 Å². The van der Waals surface area contributed by atoms with Crippen LogP contribution in [0.5, 0.6) is 0 Å². The molecule has 0 saturated carbocycles. The number of hydrogen-bond acceptors (Lipinski definition) is 4. The molecule has 2 aromatic rings. The van der Waals surface area contributed by atoms with E-state index in [1.165, 1.54) is 0 Å². The maximum atomic E-state index is 11.7. The highest BCUT2D eigenvalue weighted by Gasteiger charge is 2.18. The molecular formula is C12H16N4O2. The quantitative estimate of drug-likeness (QED) is 0.813. The molecule has 6 nitrogen and oxygen atoms in total. The third-order valence-corrected chi connectivity index (χ3v) is 2.15. The number of carbonyl (C=O) groups is 1. The Balaban J connectivity index is 2.26. The van der Waals surface area contributed by atoms with Crippen molar-refractivity contribution in [2.75, 3.05) is 5.32 Å². The topological polar surface area (TPSA) is 79.9 Å². The van der Waals surface area contributed by atoms with Gasteiger partial charge >= 0.3 is 6.09 Å². The van der Waals surface area contributed by atoms with Gasteiger partial charge in [0.25, 0.3) is 0 Å². The van der Waals surface area contributed by atoms with Crippen molar-refractivity contribution < 1.29 is 9.53 Å². The Kier molecular flexibility index (Phi) is 2.94. The number of aryl methyl sites for hydroxylation is 1. The monoisotopic (exact) mass is 248 g/mol. The van der Waals surface area contributed by atoms with Gasteiger partial charge in [0.1, 0.15) is 22.9 Å². The molecular weight excluding hydrogens is 232 g/mol. The van der Waals surface area contributed by atoms with Gasteiger partial charge in [0, 0.05) is 6.20 Å². The maximum Gasteiger partial charge on any atom is 0.413 e. The summed E-state index contributed by atoms with van der Waals surface area (Å²) in [6.45, 7) is 7.19. The van der Waals surface area contributed by atoms with E-state index in [0.29, 0.717) is 17.3 Å². The first-order valence-corrected chi connectivity index (χ1v) is 5.67. The lowest BCUT2D eigenvalue weighted by atomic mass is 10.2. The minimum atomic E-state index is -0.538. The number of aromatic amines is 1. The van der Waals surface area contributed by atoms with Crippen molar-refractivity contribution in [1.82, 2.24) is 15.0 Å². The lowest BCUT2D eigenvalue weighted by molar-refractivity contribution is 0.0635. The fraction of sp³-hybridized carbons (Fsp3) is 0.417. The molecule has 1 amide bonds. The first-order chi connectivity index (χ1) is 8.35. The van der Waals surface area contributed by atoms with Crippen LogP contribution in [0.1, 0.15) is 26.6 Å². The Morgan fingerprint density at radius 1 is 1.39 bits per heavy atom. The van der Waals surface area contributed by atoms with Crippen LogP contribution in [0.2, 0.25) is 0 Å². The summed E-state index contributed by atoms with van der Waals surface area (Å²) in [6.07, 6.45) is 1.22. The molecule has 2 rings (SSSR count). The molecule has 2 N–H and O–H groups in total. The average molecular weight is 248 g/mol. The average Bonchev–Trinajstić information content (AvgIpc) is 2.61. The molecule has 96 valence electrons. The number of anilines is 1. The van der Waals surface area contributed by atoms with E-state index >= 15 is 0 Å². The number of fused-ring (bicyclic) bond motifs is 1. The van der Waals surface area contributed by atoms with E-state index in [1.807, 2.05) is 26.8 Å². The summed E-state index contributed by atoms with van der Waals surface area (Å²) in [4.78, 5) is 23.1. The Morgan fingerprint density at radius 2 is 2.11 bits per heavy atom. The highest BCUT2D eigenvalue weighted by molar-refractivity contribution is 5.95. The lowest BCUT2D eigenvalue weighted by Gasteiger charge is -2.19. The molecule has 0 fully saturated rings. The molecule has 0 saturated heterocycles. The van der Waals surface area contributed by atoms with Gasteiger partial charge in [0.05, 0.1) is 5.39 Å². The van der Waals surface area contributed by atoms with Gasteiger partial charge in [-0.3, -0.25) is 5.32 Å². The number of amides is 1. The third kappa shape index (κ3) is 2.77. The first kappa shape index (κ1) is 12.3. The summed E-state index contributed by atoms with van der Waals surface area (Å²) in [5, 5.41) is 3.39. The van der Waals surface area contributed by atoms with Crippen molar-refractivity contribution in [3.8, 4) is 0 Å². The second-order valence-electron chi connectivity index (χ2n) is 4.99. The van der Waals surface area contributed by atoms with Crippen LogP contribution in [0, 0.1) is 6.92 Å². The fourth-order valence-electron chi connectivity index (χ4n) is 1.55. The molecule has 0 radical (unpaired) electrons. The van der Waals surface area contributed by atoms with Gasteiger partial charge in [-0.25, -0.2) is 14.8 Å². The smallest absolute Gasteiger partial charge is 0.413 e. The van der Waals surface area contributed by atoms with E-state index in [-0.39, 0.29) is 0 Å². The summed E-state index contributed by atoms with van der Waals surface area (Å²) in [5.41, 5.74) is 0.150. The second kappa shape index (κ2) is 4.29. The van der Waals surface area contributed by atoms with Gasteiger partial charge in [0.15, 0.2) is 0 Å². The number of nitrogens with one attached hydrogen (secondary N) is 2. The standard InChI is InChI=1S/C12H16N4O2/c1-7-14-9-8(5-6-13-9)10(15-7)16-11(17)18-12(2,3)4/h5-6H,1-4H3,(H2,13,14,15,16,17). The predicted octanol–water partition coefficient (Wildman–Crippen LogP) is 2.61. The Morgan fingerprint density at radius 3 is 2.78 bits per heavy atom. The minimum Gasteiger partial charge on any atom is -0.444 e. The molecule has 0 aliphatic heterocycles. The van der Waals surface area contributed by atoms with E-state index in [9.17, 15) is 4.79 Å². The Bertz CT molecular complexity index is 583. The van der Waals surface area contributed by atoms with Gasteiger partial charge in [-0.1, -0.05) is 0 Å². The number of aromatic nitrogens is 3. The van der Waals surface area contributed by atoms with Gasteiger partial charge in [-0.15, -0.1) is 0 Å². The fourth-order valence-corrected chi connectivity index (χ4v) is 1.55. The molecule has 2 aromatic heterocycles. The van der Waals surface area contributed by atoms with Crippen LogP contribution in [0.15, 0.2) is 12.3 Å². The number of ether oxygens (including phenoxy) is 1. The zero-order chi connectivity index (χ0) is 13.3. The number of nitrogens with zero attached hydrogens (tertiary/aromatic N) is 2. The van der Waals surface area contributed by atoms with E-state index in [4.69, 9.17) is 4.74 Å². The molecule has 0 aliphatic rings. The van der Waals surface area contributed by atoms with Crippen molar-refractivity contribution in [3.63, 3.8) is 0 Å². The van der Waals surface area contributed by atoms with Gasteiger partial charge in [0.2, 0.25) is 0 Å². The molecule has 0 aliphatic carbocycles. The van der Waals surface area contributed by atoms with Crippen LogP contribution in [-0.2, 0) is 4.74 Å². The number of carbonyl (C=O) groups excluding carboxylic acids is 1. The first-order valence-electron chi connectivity index (χ1n) is 5.67. The third-order valence-electron chi connectivity index (χ3n) is 2.15. The van der Waals surface area contributed by atoms with E-state index < -0.39 is 11.7 Å². The normalized spacial score (nSPS) is 11.6. The maximum absolute atomic E-state index is 11.7. The van der Waals surface area contributed by atoms with Crippen LogP contribution in [0.25, 0.3) is 11.0 Å². The van der Waals surface area contributed by atoms with Crippen LogP contribution >= 0.6 is 0 Å². The second-order valence-corrected chi connectivity index (χ2v) is 4.99. The van der Waals surface area contributed by atoms with Crippen molar-refractivity contribution >= 4 is 22.9 Å². The van der Waals surface area contributed by atoms with Crippen LogP contribution in [-0.4, -0.2) is 26.6 Å². The van der Waals surface area contributed by atoms with Crippen molar-refractivity contribution in [1.29, 1.82) is 0 Å². The molecule has 0 unspecified atom stereocenters. The van der Waals surface area contributed by atoms with Crippen LogP contribution in [0.4, 0.5) is 10.6 Å². The highest BCUT2D eigenvalue weighted by Crippen LogP contribution is 2.19. The SMILES string of the molecule is Cc1nc(NC(=O)OC(C)(C)C)c2cc[nH]c2n1. The molecule has 0 bridgehead atoms. The molecule has 2 heterocycles. The van der Waals surface area contributed by atoms with Crippen LogP contribution < -0.4 is 5.32 Å². The molecule has 0 aromatic carbocycles. The zero-order valence-electron chi connectivity index (χ0n) is 10.9. The Hall–Kier alpha value is -2.11. The van der Waals surface area contributed by atoms with Gasteiger partial charge in [-0.2, -0.15) is 0 Å². The number of H-pyrrole nitrogens is 1. The summed E-state index contributed by atoms with van der Waals surface area (Å²) >= 11 is 0. The van der Waals surface area contributed by atoms with Gasteiger partial charge in [-0.05, 0) is 33.8 Å². The summed E-state index contributed by atoms with van der Waals surface area (Å²) in [6, 6.07) is 1.81.